The van der Waals surface area contributed by atoms with Crippen molar-refractivity contribution in [3.63, 3.8) is 0 Å². The van der Waals surface area contributed by atoms with E-state index in [0.717, 1.165) is 23.1 Å². The van der Waals surface area contributed by atoms with Crippen LogP contribution < -0.4 is 30.7 Å². The Bertz CT molecular complexity index is 1600. The van der Waals surface area contributed by atoms with Gasteiger partial charge in [-0.15, -0.1) is 0 Å². The van der Waals surface area contributed by atoms with Gasteiger partial charge in [0.1, 0.15) is 34.8 Å². The van der Waals surface area contributed by atoms with Gasteiger partial charge >= 0.3 is 12.1 Å². The molecule has 4 amide bonds. The van der Waals surface area contributed by atoms with E-state index in [-0.39, 0.29) is 23.5 Å². The van der Waals surface area contributed by atoms with E-state index in [1.807, 2.05) is 41.5 Å². The first-order valence-corrected chi connectivity index (χ1v) is 16.0. The summed E-state index contributed by atoms with van der Waals surface area (Å²) in [7, 11) is 0. The molecule has 0 saturated carbocycles. The molecule has 0 radical (unpaired) electrons. The average molecular weight is 677 g/mol. The third-order valence-corrected chi connectivity index (χ3v) is 6.82. The van der Waals surface area contributed by atoms with Crippen molar-refractivity contribution in [2.75, 3.05) is 34.5 Å². The molecule has 4 N–H and O–H groups in total. The Morgan fingerprint density at radius 1 is 0.717 bits per heavy atom. The molecule has 2 heterocycles. The molecular formula is C30H38F2N8O4S2. The van der Waals surface area contributed by atoms with Crippen LogP contribution in [0.25, 0.3) is 0 Å². The lowest BCUT2D eigenvalue weighted by Gasteiger charge is -2.14. The molecular weight excluding hydrogens is 639 g/mol. The second kappa shape index (κ2) is 17.3. The van der Waals surface area contributed by atoms with Crippen molar-refractivity contribution in [3.8, 4) is 11.5 Å². The maximum absolute atomic E-state index is 13.4. The smallest absolute Gasteiger partial charge is 0.325 e. The zero-order valence-corrected chi connectivity index (χ0v) is 28.2. The van der Waals surface area contributed by atoms with Gasteiger partial charge in [-0.2, -0.15) is 8.75 Å². The average Bonchev–Trinajstić information content (AvgIpc) is 3.62. The van der Waals surface area contributed by atoms with Crippen molar-refractivity contribution in [1.29, 1.82) is 0 Å². The summed E-state index contributed by atoms with van der Waals surface area (Å²) in [5.74, 6) is 1.75. The number of ether oxygens (including phenoxy) is 2. The van der Waals surface area contributed by atoms with Crippen molar-refractivity contribution in [1.82, 2.24) is 18.7 Å². The number of aromatic nitrogens is 4. The van der Waals surface area contributed by atoms with Gasteiger partial charge in [0.25, 0.3) is 0 Å². The summed E-state index contributed by atoms with van der Waals surface area (Å²) in [6.07, 6.45) is 0. The number of urea groups is 2. The van der Waals surface area contributed by atoms with Gasteiger partial charge in [-0.05, 0) is 43.0 Å². The molecule has 248 valence electrons. The highest BCUT2D eigenvalue weighted by Crippen LogP contribution is 2.28. The fourth-order valence-electron chi connectivity index (χ4n) is 3.32. The van der Waals surface area contributed by atoms with Gasteiger partial charge in [0.2, 0.25) is 10.3 Å². The Hall–Kier alpha value is -4.44. The molecule has 16 heteroatoms. The molecule has 2 aromatic carbocycles. The third kappa shape index (κ3) is 12.2. The predicted octanol–water partition coefficient (Wildman–Crippen LogP) is 8.14. The van der Waals surface area contributed by atoms with Gasteiger partial charge in [0.05, 0.1) is 24.6 Å². The second-order valence-electron chi connectivity index (χ2n) is 11.1. The van der Waals surface area contributed by atoms with Crippen LogP contribution in [-0.4, -0.2) is 44.0 Å². The fourth-order valence-corrected chi connectivity index (χ4v) is 4.59. The van der Waals surface area contributed by atoms with E-state index in [1.54, 1.807) is 6.92 Å². The number of halogens is 2. The molecule has 0 saturated heterocycles. The van der Waals surface area contributed by atoms with Gasteiger partial charge in [-0.25, -0.2) is 28.3 Å². The molecule has 0 unspecified atom stereocenters. The summed E-state index contributed by atoms with van der Waals surface area (Å²) >= 11 is 2.20. The maximum Gasteiger partial charge on any atom is 0.325 e. The normalized spacial score (nSPS) is 10.8. The van der Waals surface area contributed by atoms with Crippen molar-refractivity contribution in [2.24, 2.45) is 11.8 Å². The van der Waals surface area contributed by atoms with Crippen molar-refractivity contribution >= 4 is 56.8 Å². The van der Waals surface area contributed by atoms with Crippen LogP contribution in [0.4, 0.5) is 40.0 Å². The molecule has 12 nitrogen and oxygen atoms in total. The Balaban J connectivity index is 0.000000251. The standard InChI is InChI=1S/C16H21FN4O2S.C14H17FN4O2S/c1-9(2)8-23-13-7-11(17)5-6-12(13)18-15(22)20-16-19-14(10(3)4)21-24-16;1-8(2)7-21-12-6-10(15)4-5-11(12)17-13(20)18-14-16-9(3)19-22-14/h5-7,9-10H,8H2,1-4H3,(H2,18,19,20,21,22);4-6,8H,7H2,1-3H3,(H2,16,17,18,19,20). The number of hydrogen-bond acceptors (Lipinski definition) is 10. The summed E-state index contributed by atoms with van der Waals surface area (Å²) in [6, 6.07) is 6.96. The fraction of sp³-hybridized carbons (Fsp3) is 0.400. The minimum absolute atomic E-state index is 0.188. The Morgan fingerprint density at radius 2 is 1.17 bits per heavy atom. The van der Waals surface area contributed by atoms with Gasteiger partial charge in [-0.1, -0.05) is 41.5 Å². The number of amides is 4. The van der Waals surface area contributed by atoms with E-state index in [2.05, 4.69) is 40.0 Å². The van der Waals surface area contributed by atoms with Gasteiger partial charge < -0.3 is 20.1 Å². The SMILES string of the molecule is CC(C)COc1cc(F)ccc1NC(=O)Nc1nc(C(C)C)ns1.Cc1nsc(NC(=O)Nc2ccc(F)cc2OCC(C)C)n1. The van der Waals surface area contributed by atoms with E-state index in [1.165, 1.54) is 36.4 Å². The summed E-state index contributed by atoms with van der Waals surface area (Å²) in [6.45, 7) is 14.5. The van der Waals surface area contributed by atoms with Gasteiger partial charge in [0, 0.05) is 41.1 Å². The zero-order valence-electron chi connectivity index (χ0n) is 26.6. The van der Waals surface area contributed by atoms with Gasteiger partial charge in [0.15, 0.2) is 0 Å². The van der Waals surface area contributed by atoms with Crippen LogP contribution in [0.3, 0.4) is 0 Å². The zero-order chi connectivity index (χ0) is 33.8. The first kappa shape index (κ1) is 36.0. The molecule has 46 heavy (non-hydrogen) atoms. The number of carbonyl (C=O) groups excluding carboxylic acids is 2. The quantitative estimate of drug-likeness (QED) is 0.124. The first-order valence-electron chi connectivity index (χ1n) is 14.4. The monoisotopic (exact) mass is 676 g/mol. The number of benzene rings is 2. The van der Waals surface area contributed by atoms with Crippen molar-refractivity contribution < 1.29 is 27.8 Å². The van der Waals surface area contributed by atoms with E-state index in [4.69, 9.17) is 9.47 Å². The molecule has 0 aliphatic rings. The van der Waals surface area contributed by atoms with Crippen LogP contribution in [0, 0.1) is 30.4 Å². The third-order valence-electron chi connectivity index (χ3n) is 5.45. The van der Waals surface area contributed by atoms with E-state index in [0.29, 0.717) is 52.2 Å². The number of nitrogens with one attached hydrogen (secondary N) is 4. The van der Waals surface area contributed by atoms with Crippen molar-refractivity contribution in [3.05, 3.63) is 59.7 Å². The highest BCUT2D eigenvalue weighted by atomic mass is 32.1. The lowest BCUT2D eigenvalue weighted by molar-refractivity contribution is 0.260. The maximum atomic E-state index is 13.4. The Labute approximate surface area is 274 Å². The topological polar surface area (TPSA) is 152 Å². The minimum Gasteiger partial charge on any atom is -0.491 e. The van der Waals surface area contributed by atoms with Crippen molar-refractivity contribution in [2.45, 2.75) is 54.4 Å². The molecule has 0 fully saturated rings. The van der Waals surface area contributed by atoms with Crippen LogP contribution in [0.5, 0.6) is 11.5 Å². The highest BCUT2D eigenvalue weighted by molar-refractivity contribution is 7.10. The van der Waals surface area contributed by atoms with E-state index < -0.39 is 23.7 Å². The molecule has 0 spiro atoms. The second-order valence-corrected chi connectivity index (χ2v) is 12.6. The summed E-state index contributed by atoms with van der Waals surface area (Å²) < 4.78 is 46.0. The van der Waals surface area contributed by atoms with E-state index >= 15 is 0 Å². The van der Waals surface area contributed by atoms with Crippen LogP contribution in [0.1, 0.15) is 59.1 Å². The molecule has 0 bridgehead atoms. The Kier molecular flexibility index (Phi) is 13.6. The van der Waals surface area contributed by atoms with Crippen LogP contribution in [0.2, 0.25) is 0 Å². The molecule has 0 aliphatic heterocycles. The molecule has 0 aliphatic carbocycles. The molecule has 4 rings (SSSR count). The summed E-state index contributed by atoms with van der Waals surface area (Å²) in [4.78, 5) is 32.3. The molecule has 4 aromatic rings. The minimum atomic E-state index is -0.489. The summed E-state index contributed by atoms with van der Waals surface area (Å²) in [5.41, 5.74) is 0.781. The lowest BCUT2D eigenvalue weighted by Crippen LogP contribution is -2.20. The molecule has 2 aromatic heterocycles. The highest BCUT2D eigenvalue weighted by Gasteiger charge is 2.14. The largest absolute Gasteiger partial charge is 0.491 e. The summed E-state index contributed by atoms with van der Waals surface area (Å²) in [5, 5.41) is 11.2. The Morgan fingerprint density at radius 3 is 1.57 bits per heavy atom. The van der Waals surface area contributed by atoms with Crippen LogP contribution in [-0.2, 0) is 0 Å². The first-order chi connectivity index (χ1) is 21.8. The van der Waals surface area contributed by atoms with Crippen LogP contribution in [0.15, 0.2) is 36.4 Å². The number of anilines is 4. The number of aryl methyl sites for hydroxylation is 1. The number of nitrogens with zero attached hydrogens (tertiary/aromatic N) is 4. The van der Waals surface area contributed by atoms with Gasteiger partial charge in [-0.3, -0.25) is 10.6 Å². The molecule has 0 atom stereocenters. The number of carbonyl (C=O) groups is 2. The van der Waals surface area contributed by atoms with Crippen LogP contribution >= 0.6 is 23.1 Å². The lowest BCUT2D eigenvalue weighted by atomic mass is 10.2. The number of rotatable bonds is 11. The van der Waals surface area contributed by atoms with E-state index in [9.17, 15) is 18.4 Å². The predicted molar refractivity (Wildman–Crippen MR) is 177 cm³/mol. The number of hydrogen-bond donors (Lipinski definition) is 4.